The molecule has 2 aromatic rings. The molecule has 0 bridgehead atoms. The van der Waals surface area contributed by atoms with Gasteiger partial charge in [-0.3, -0.25) is 9.98 Å². The van der Waals surface area contributed by atoms with E-state index in [1.807, 2.05) is 0 Å². The molecule has 9 nitrogen and oxygen atoms in total. The lowest BCUT2D eigenvalue weighted by Gasteiger charge is -2.17. The van der Waals surface area contributed by atoms with Crippen LogP contribution in [-0.4, -0.2) is 59.3 Å². The Hall–Kier alpha value is -1.81. The van der Waals surface area contributed by atoms with E-state index < -0.39 is 31.1 Å². The summed E-state index contributed by atoms with van der Waals surface area (Å²) in [5.41, 5.74) is 0.927. The Balaban J connectivity index is 2.12. The lowest BCUT2D eigenvalue weighted by Crippen LogP contribution is -2.33. The number of aryl methyl sites for hydroxylation is 1. The lowest BCUT2D eigenvalue weighted by atomic mass is 10.1. The maximum absolute atomic E-state index is 10.0. The summed E-state index contributed by atoms with van der Waals surface area (Å²) in [5.74, 6) is 0. The molecule has 1 fully saturated rings. The topological polar surface area (TPSA) is 129 Å². The van der Waals surface area contributed by atoms with Crippen LogP contribution in [0, 0.1) is 5.41 Å². The van der Waals surface area contributed by atoms with E-state index in [1.54, 1.807) is 11.6 Å². The highest BCUT2D eigenvalue weighted by atomic mass is 16.6. The van der Waals surface area contributed by atoms with Crippen LogP contribution in [0.15, 0.2) is 12.7 Å². The number of fused-ring (bicyclic) bond motifs is 1. The summed E-state index contributed by atoms with van der Waals surface area (Å²) >= 11 is 0. The molecule has 1 aliphatic heterocycles. The zero-order chi connectivity index (χ0) is 14.4. The Morgan fingerprint density at radius 2 is 2.05 bits per heavy atom. The molecule has 3 heterocycles. The lowest BCUT2D eigenvalue weighted by molar-refractivity contribution is -0.0512. The van der Waals surface area contributed by atoms with E-state index in [4.69, 9.17) is 15.3 Å². The monoisotopic (exact) mass is 281 g/mol. The Kier molecular flexibility index (Phi) is 3.05. The molecule has 4 unspecified atom stereocenters. The van der Waals surface area contributed by atoms with Gasteiger partial charge in [-0.2, -0.15) is 0 Å². The molecule has 0 aliphatic carbocycles. The molecule has 4 atom stereocenters. The normalized spacial score (nSPS) is 30.2. The number of imidazole rings is 1. The van der Waals surface area contributed by atoms with Crippen molar-refractivity contribution in [3.63, 3.8) is 0 Å². The highest BCUT2D eigenvalue weighted by Gasteiger charge is 2.43. The summed E-state index contributed by atoms with van der Waals surface area (Å²) in [4.78, 5) is 7.96. The van der Waals surface area contributed by atoms with Gasteiger partial charge in [0.1, 0.15) is 29.5 Å². The van der Waals surface area contributed by atoms with Gasteiger partial charge in [-0.15, -0.1) is 0 Å². The number of hydrogen-bond acceptors (Lipinski definition) is 7. The van der Waals surface area contributed by atoms with Crippen molar-refractivity contribution in [1.29, 1.82) is 5.41 Å². The third-order valence-corrected chi connectivity index (χ3v) is 3.48. The van der Waals surface area contributed by atoms with Crippen molar-refractivity contribution < 1.29 is 20.1 Å². The second kappa shape index (κ2) is 4.63. The largest absolute Gasteiger partial charge is 0.394 e. The summed E-state index contributed by atoms with van der Waals surface area (Å²) < 4.78 is 8.63. The van der Waals surface area contributed by atoms with Crippen LogP contribution in [0.2, 0.25) is 0 Å². The number of rotatable bonds is 2. The zero-order valence-electron chi connectivity index (χ0n) is 10.7. The van der Waals surface area contributed by atoms with Crippen LogP contribution in [0.1, 0.15) is 6.23 Å². The Morgan fingerprint density at radius 1 is 1.30 bits per heavy atom. The molecule has 2 aromatic heterocycles. The summed E-state index contributed by atoms with van der Waals surface area (Å²) in [6, 6.07) is 0. The van der Waals surface area contributed by atoms with Crippen molar-refractivity contribution in [2.45, 2.75) is 24.5 Å². The van der Waals surface area contributed by atoms with Crippen LogP contribution in [0.25, 0.3) is 11.2 Å². The van der Waals surface area contributed by atoms with Crippen LogP contribution in [0.4, 0.5) is 0 Å². The maximum Gasteiger partial charge on any atom is 0.176 e. The van der Waals surface area contributed by atoms with Crippen molar-refractivity contribution in [3.8, 4) is 0 Å². The van der Waals surface area contributed by atoms with Gasteiger partial charge in [-0.1, -0.05) is 0 Å². The summed E-state index contributed by atoms with van der Waals surface area (Å²) in [6.45, 7) is -0.390. The predicted molar refractivity (Wildman–Crippen MR) is 65.4 cm³/mol. The number of nitrogens with zero attached hydrogens (tertiary/aromatic N) is 4. The average Bonchev–Trinajstić information content (AvgIpc) is 2.99. The number of aliphatic hydroxyl groups excluding tert-OH is 3. The van der Waals surface area contributed by atoms with Crippen LogP contribution >= 0.6 is 0 Å². The van der Waals surface area contributed by atoms with E-state index in [0.717, 1.165) is 0 Å². The molecule has 0 aromatic carbocycles. The van der Waals surface area contributed by atoms with Crippen molar-refractivity contribution >= 4 is 11.2 Å². The first-order chi connectivity index (χ1) is 9.54. The van der Waals surface area contributed by atoms with Crippen LogP contribution in [-0.2, 0) is 11.8 Å². The first kappa shape index (κ1) is 13.2. The molecule has 108 valence electrons. The molecule has 4 N–H and O–H groups in total. The molecular formula is C11H15N5O4. The van der Waals surface area contributed by atoms with Crippen molar-refractivity contribution in [1.82, 2.24) is 19.1 Å². The molecule has 1 aliphatic rings. The van der Waals surface area contributed by atoms with E-state index in [9.17, 15) is 10.2 Å². The molecular weight excluding hydrogens is 266 g/mol. The number of aliphatic hydroxyl groups is 3. The fourth-order valence-corrected chi connectivity index (χ4v) is 2.43. The molecule has 0 spiro atoms. The minimum absolute atomic E-state index is 0.0172. The van der Waals surface area contributed by atoms with Gasteiger partial charge in [0.25, 0.3) is 0 Å². The minimum atomic E-state index is -1.19. The third kappa shape index (κ3) is 1.75. The van der Waals surface area contributed by atoms with E-state index in [2.05, 4.69) is 9.97 Å². The number of hydrogen-bond donors (Lipinski definition) is 4. The first-order valence-corrected chi connectivity index (χ1v) is 6.09. The zero-order valence-corrected chi connectivity index (χ0v) is 10.7. The Bertz CT molecular complexity index is 696. The van der Waals surface area contributed by atoms with Crippen LogP contribution < -0.4 is 5.49 Å². The van der Waals surface area contributed by atoms with Gasteiger partial charge in [0.15, 0.2) is 11.7 Å². The highest BCUT2D eigenvalue weighted by molar-refractivity contribution is 5.69. The smallest absolute Gasteiger partial charge is 0.176 e. The van der Waals surface area contributed by atoms with Gasteiger partial charge < -0.3 is 24.6 Å². The minimum Gasteiger partial charge on any atom is -0.394 e. The van der Waals surface area contributed by atoms with Crippen molar-refractivity contribution in [2.24, 2.45) is 7.05 Å². The third-order valence-electron chi connectivity index (χ3n) is 3.48. The Morgan fingerprint density at radius 3 is 2.70 bits per heavy atom. The summed E-state index contributed by atoms with van der Waals surface area (Å²) in [6.07, 6.45) is -1.21. The SMILES string of the molecule is Cn1cnc(=N)c2ncn(C3OC(CO)C(O)C3O)c21. The number of ether oxygens (including phenoxy) is 1. The van der Waals surface area contributed by atoms with E-state index in [0.29, 0.717) is 11.2 Å². The summed E-state index contributed by atoms with van der Waals surface area (Å²) in [7, 11) is 1.73. The Labute approximate surface area is 113 Å². The predicted octanol–water partition coefficient (Wildman–Crippen LogP) is -2.14. The molecule has 9 heteroatoms. The van der Waals surface area contributed by atoms with E-state index >= 15 is 0 Å². The van der Waals surface area contributed by atoms with Gasteiger partial charge in [0.2, 0.25) is 0 Å². The molecule has 0 amide bonds. The molecule has 1 saturated heterocycles. The second-order valence-electron chi connectivity index (χ2n) is 4.76. The van der Waals surface area contributed by atoms with Crippen LogP contribution in [0.3, 0.4) is 0 Å². The van der Waals surface area contributed by atoms with Crippen molar-refractivity contribution in [2.75, 3.05) is 6.61 Å². The van der Waals surface area contributed by atoms with E-state index in [-0.39, 0.29) is 5.49 Å². The molecule has 0 saturated carbocycles. The standard InChI is InChI=1S/C11H15N5O4/c1-15-3-14-9(12)6-10(15)16(4-13-6)11-8(19)7(18)5(2-17)20-11/h3-5,7-8,11-12,17-19H,2H2,1H3. The number of aromatic nitrogens is 4. The van der Waals surface area contributed by atoms with Gasteiger partial charge in [-0.25, -0.2) is 9.97 Å². The second-order valence-corrected chi connectivity index (χ2v) is 4.76. The van der Waals surface area contributed by atoms with Crippen LogP contribution in [0.5, 0.6) is 0 Å². The van der Waals surface area contributed by atoms with Gasteiger partial charge in [0.05, 0.1) is 19.3 Å². The number of nitrogens with one attached hydrogen (secondary N) is 1. The van der Waals surface area contributed by atoms with Crippen molar-refractivity contribution in [3.05, 3.63) is 18.1 Å². The maximum atomic E-state index is 10.0. The molecule has 0 radical (unpaired) electrons. The quantitative estimate of drug-likeness (QED) is 0.497. The van der Waals surface area contributed by atoms with Gasteiger partial charge in [-0.05, 0) is 0 Å². The molecule has 3 rings (SSSR count). The molecule has 20 heavy (non-hydrogen) atoms. The first-order valence-electron chi connectivity index (χ1n) is 6.09. The average molecular weight is 281 g/mol. The van der Waals surface area contributed by atoms with E-state index in [1.165, 1.54) is 17.2 Å². The highest BCUT2D eigenvalue weighted by Crippen LogP contribution is 2.30. The fourth-order valence-electron chi connectivity index (χ4n) is 2.43. The van der Waals surface area contributed by atoms with Gasteiger partial charge >= 0.3 is 0 Å². The van der Waals surface area contributed by atoms with Gasteiger partial charge in [0, 0.05) is 7.05 Å². The fraction of sp³-hybridized carbons (Fsp3) is 0.545. The summed E-state index contributed by atoms with van der Waals surface area (Å²) in [5, 5.41) is 36.7.